The number of ether oxygens (including phenoxy) is 2. The summed E-state index contributed by atoms with van der Waals surface area (Å²) in [6.45, 7) is 3.96. The third-order valence-electron chi connectivity index (χ3n) is 5.53. The molecule has 1 aliphatic heterocycles. The van der Waals surface area contributed by atoms with Crippen molar-refractivity contribution in [2.45, 2.75) is 23.2 Å². The smallest absolute Gasteiger partial charge is 0.279 e. The van der Waals surface area contributed by atoms with E-state index in [9.17, 15) is 9.59 Å². The fraction of sp³-hybridized carbons (Fsp3) is 0.240. The van der Waals surface area contributed by atoms with Gasteiger partial charge in [0, 0.05) is 35.7 Å². The number of fused-ring (bicyclic) bond motifs is 1. The number of hydrogen-bond donors (Lipinski definition) is 1. The summed E-state index contributed by atoms with van der Waals surface area (Å²) in [7, 11) is 3.34. The van der Waals surface area contributed by atoms with E-state index in [-0.39, 0.29) is 24.5 Å². The predicted octanol–water partition coefficient (Wildman–Crippen LogP) is 4.77. The summed E-state index contributed by atoms with van der Waals surface area (Å²) < 4.78 is 13.1. The summed E-state index contributed by atoms with van der Waals surface area (Å²) in [5.41, 5.74) is 1.78. The minimum atomic E-state index is -0.528. The maximum absolute atomic E-state index is 13.3. The Morgan fingerprint density at radius 3 is 2.74 bits per heavy atom. The number of amides is 1. The Balaban J connectivity index is 1.75. The second kappa shape index (κ2) is 10.4. The van der Waals surface area contributed by atoms with Crippen molar-refractivity contribution in [3.63, 3.8) is 0 Å². The Morgan fingerprint density at radius 1 is 1.26 bits per heavy atom. The van der Waals surface area contributed by atoms with Crippen molar-refractivity contribution in [3.8, 4) is 11.5 Å². The van der Waals surface area contributed by atoms with Crippen LogP contribution in [0.1, 0.15) is 29.0 Å². The van der Waals surface area contributed by atoms with Crippen LogP contribution in [-0.4, -0.2) is 29.2 Å². The van der Waals surface area contributed by atoms with Crippen molar-refractivity contribution >= 4 is 35.1 Å². The third-order valence-corrected chi connectivity index (χ3v) is 6.89. The first-order valence-electron chi connectivity index (χ1n) is 10.6. The Hall–Kier alpha value is -3.23. The number of halogens is 1. The average Bonchev–Trinajstić information content (AvgIpc) is 2.84. The minimum absolute atomic E-state index is 0.0960. The van der Waals surface area contributed by atoms with Gasteiger partial charge < -0.3 is 19.4 Å². The molecule has 0 saturated carbocycles. The zero-order chi connectivity index (χ0) is 24.2. The number of carbonyl (C=O) groups excluding carboxylic acids is 1. The van der Waals surface area contributed by atoms with Gasteiger partial charge in [-0.25, -0.2) is 0 Å². The van der Waals surface area contributed by atoms with E-state index in [2.05, 4.69) is 16.9 Å². The second-order valence-corrected chi connectivity index (χ2v) is 9.10. The first-order valence-corrected chi connectivity index (χ1v) is 12.0. The minimum Gasteiger partial charge on any atom is -0.493 e. The highest BCUT2D eigenvalue weighted by molar-refractivity contribution is 7.98. The largest absolute Gasteiger partial charge is 0.493 e. The molecule has 0 bridgehead atoms. The molecule has 1 unspecified atom stereocenters. The van der Waals surface area contributed by atoms with Gasteiger partial charge in [-0.15, -0.1) is 0 Å². The molecule has 7 nitrogen and oxygen atoms in total. The molecule has 0 spiro atoms. The number of carbonyl (C=O) groups is 1. The number of aromatic nitrogens is 2. The highest BCUT2D eigenvalue weighted by atomic mass is 35.5. The Kier molecular flexibility index (Phi) is 7.29. The molecule has 1 atom stereocenters. The molecule has 0 fully saturated rings. The van der Waals surface area contributed by atoms with Crippen LogP contribution in [0.2, 0.25) is 5.02 Å². The van der Waals surface area contributed by atoms with E-state index in [0.717, 1.165) is 5.56 Å². The van der Waals surface area contributed by atoms with Crippen LogP contribution >= 0.6 is 23.4 Å². The van der Waals surface area contributed by atoms with E-state index in [1.807, 2.05) is 36.4 Å². The van der Waals surface area contributed by atoms with Gasteiger partial charge in [-0.05, 0) is 23.8 Å². The molecule has 2 aromatic carbocycles. The van der Waals surface area contributed by atoms with Crippen LogP contribution in [0, 0.1) is 0 Å². The number of methoxy groups -OCH3 is 1. The van der Waals surface area contributed by atoms with E-state index >= 15 is 0 Å². The van der Waals surface area contributed by atoms with E-state index in [1.54, 1.807) is 30.9 Å². The fourth-order valence-corrected chi connectivity index (χ4v) is 4.97. The van der Waals surface area contributed by atoms with Crippen LogP contribution < -0.4 is 20.3 Å². The Bertz CT molecular complexity index is 1290. The van der Waals surface area contributed by atoms with Crippen LogP contribution in [0.15, 0.2) is 65.1 Å². The number of benzene rings is 2. The number of anilines is 1. The van der Waals surface area contributed by atoms with Gasteiger partial charge in [-0.1, -0.05) is 60.3 Å². The van der Waals surface area contributed by atoms with Gasteiger partial charge in [0.2, 0.25) is 5.91 Å². The van der Waals surface area contributed by atoms with Crippen molar-refractivity contribution in [3.05, 3.63) is 87.2 Å². The van der Waals surface area contributed by atoms with Crippen molar-refractivity contribution in [1.29, 1.82) is 0 Å². The topological polar surface area (TPSA) is 82.4 Å². The van der Waals surface area contributed by atoms with E-state index in [1.165, 1.54) is 11.8 Å². The standard InChI is InChI=1S/C25H24ClN3O4S/c1-4-12-33-22-17(6-5-7-19(22)32-3)18-13-20(30)27-23-21(18)24(31)28-25(29(23)2)34-14-15-8-10-16(26)11-9-15/h4-11,18H,1,12-14H2,2-3H3,(H,27,30). The lowest BCUT2D eigenvalue weighted by molar-refractivity contribution is -0.116. The van der Waals surface area contributed by atoms with Crippen LogP contribution in [0.5, 0.6) is 11.5 Å². The van der Waals surface area contributed by atoms with Crippen molar-refractivity contribution in [2.24, 2.45) is 7.05 Å². The number of rotatable bonds is 8. The zero-order valence-electron chi connectivity index (χ0n) is 18.8. The molecular formula is C25H24ClN3O4S. The molecule has 2 heterocycles. The van der Waals surface area contributed by atoms with Gasteiger partial charge in [0.1, 0.15) is 12.4 Å². The highest BCUT2D eigenvalue weighted by Gasteiger charge is 2.34. The zero-order valence-corrected chi connectivity index (χ0v) is 20.4. The molecule has 34 heavy (non-hydrogen) atoms. The summed E-state index contributed by atoms with van der Waals surface area (Å²) in [5, 5.41) is 4.04. The lowest BCUT2D eigenvalue weighted by atomic mass is 9.86. The monoisotopic (exact) mass is 497 g/mol. The summed E-state index contributed by atoms with van der Waals surface area (Å²) in [5.74, 6) is 1.33. The number of nitrogens with one attached hydrogen (secondary N) is 1. The third kappa shape index (κ3) is 4.83. The Morgan fingerprint density at radius 2 is 2.03 bits per heavy atom. The summed E-state index contributed by atoms with van der Waals surface area (Å²) in [6, 6.07) is 12.9. The van der Waals surface area contributed by atoms with Gasteiger partial charge in [0.05, 0.1) is 12.7 Å². The number of hydrogen-bond acceptors (Lipinski definition) is 6. The van der Waals surface area contributed by atoms with Crippen LogP contribution in [-0.2, 0) is 17.6 Å². The highest BCUT2D eigenvalue weighted by Crippen LogP contribution is 2.43. The molecule has 1 amide bonds. The van der Waals surface area contributed by atoms with Gasteiger partial charge in [0.25, 0.3) is 5.56 Å². The summed E-state index contributed by atoms with van der Waals surface area (Å²) in [6.07, 6.45) is 1.72. The summed E-state index contributed by atoms with van der Waals surface area (Å²) in [4.78, 5) is 30.3. The predicted molar refractivity (Wildman–Crippen MR) is 134 cm³/mol. The van der Waals surface area contributed by atoms with Gasteiger partial charge in [0.15, 0.2) is 16.7 Å². The molecule has 0 radical (unpaired) electrons. The molecule has 1 aromatic heterocycles. The number of para-hydroxylation sites is 1. The normalized spacial score (nSPS) is 14.8. The SMILES string of the molecule is C=CCOc1c(OC)cccc1C1CC(=O)Nc2c1c(=O)nc(SCc1ccc(Cl)cc1)n2C. The maximum atomic E-state index is 13.3. The molecule has 1 N–H and O–H groups in total. The fourth-order valence-electron chi connectivity index (χ4n) is 3.92. The van der Waals surface area contributed by atoms with Crippen molar-refractivity contribution in [2.75, 3.05) is 19.0 Å². The lowest BCUT2D eigenvalue weighted by Crippen LogP contribution is -2.33. The van der Waals surface area contributed by atoms with Crippen LogP contribution in [0.3, 0.4) is 0 Å². The molecule has 176 valence electrons. The average molecular weight is 498 g/mol. The molecule has 1 aliphatic rings. The van der Waals surface area contributed by atoms with Crippen LogP contribution in [0.4, 0.5) is 5.82 Å². The van der Waals surface area contributed by atoms with E-state index < -0.39 is 5.92 Å². The molecule has 9 heteroatoms. The first-order chi connectivity index (χ1) is 16.4. The van der Waals surface area contributed by atoms with E-state index in [4.69, 9.17) is 21.1 Å². The summed E-state index contributed by atoms with van der Waals surface area (Å²) >= 11 is 7.38. The molecule has 4 rings (SSSR count). The van der Waals surface area contributed by atoms with Gasteiger partial charge in [-0.2, -0.15) is 4.98 Å². The quantitative estimate of drug-likeness (QED) is 0.274. The maximum Gasteiger partial charge on any atom is 0.279 e. The molecular weight excluding hydrogens is 474 g/mol. The second-order valence-electron chi connectivity index (χ2n) is 7.72. The number of nitrogens with zero attached hydrogens (tertiary/aromatic N) is 2. The van der Waals surface area contributed by atoms with Crippen molar-refractivity contribution < 1.29 is 14.3 Å². The van der Waals surface area contributed by atoms with Crippen LogP contribution in [0.25, 0.3) is 0 Å². The first kappa shape index (κ1) is 23.9. The van der Waals surface area contributed by atoms with Gasteiger partial charge >= 0.3 is 0 Å². The van der Waals surface area contributed by atoms with Gasteiger partial charge in [-0.3, -0.25) is 9.59 Å². The Labute approximate surface area is 206 Å². The number of thioether (sulfide) groups is 1. The van der Waals surface area contributed by atoms with E-state index in [0.29, 0.717) is 44.4 Å². The lowest BCUT2D eigenvalue weighted by Gasteiger charge is -2.29. The molecule has 3 aromatic rings. The molecule has 0 aliphatic carbocycles. The molecule has 0 saturated heterocycles. The van der Waals surface area contributed by atoms with Crippen molar-refractivity contribution in [1.82, 2.24) is 9.55 Å².